The summed E-state index contributed by atoms with van der Waals surface area (Å²) in [6.07, 6.45) is 0. The number of hydrazine groups is 1. The number of carbonyl (C=O) groups is 1. The SMILES string of the molecule is CCN(CC(=O)N(C)N1Cc2ccc(F)cc2C1)c1cc2onc(C)c2cc1C. The van der Waals surface area contributed by atoms with E-state index in [1.807, 2.05) is 36.7 Å². The first-order valence-corrected chi connectivity index (χ1v) is 9.77. The van der Waals surface area contributed by atoms with E-state index < -0.39 is 0 Å². The number of aryl methyl sites for hydroxylation is 2. The van der Waals surface area contributed by atoms with E-state index in [0.29, 0.717) is 19.6 Å². The van der Waals surface area contributed by atoms with E-state index in [0.717, 1.165) is 39.0 Å². The molecule has 0 bridgehead atoms. The van der Waals surface area contributed by atoms with Gasteiger partial charge < -0.3 is 9.42 Å². The molecule has 6 nitrogen and oxygen atoms in total. The summed E-state index contributed by atoms with van der Waals surface area (Å²) in [5.74, 6) is -0.265. The number of likely N-dealkylation sites (N-methyl/N-ethyl adjacent to an activating group) is 2. The first-order valence-electron chi connectivity index (χ1n) is 9.77. The van der Waals surface area contributed by atoms with E-state index in [-0.39, 0.29) is 18.3 Å². The van der Waals surface area contributed by atoms with Crippen LogP contribution >= 0.6 is 0 Å². The monoisotopic (exact) mass is 396 g/mol. The van der Waals surface area contributed by atoms with Gasteiger partial charge in [0.1, 0.15) is 5.82 Å². The van der Waals surface area contributed by atoms with Gasteiger partial charge in [-0.2, -0.15) is 0 Å². The highest BCUT2D eigenvalue weighted by Gasteiger charge is 2.26. The lowest BCUT2D eigenvalue weighted by Gasteiger charge is -2.31. The van der Waals surface area contributed by atoms with E-state index in [4.69, 9.17) is 4.52 Å². The van der Waals surface area contributed by atoms with Crippen LogP contribution in [0.3, 0.4) is 0 Å². The molecule has 0 fully saturated rings. The molecule has 0 radical (unpaired) electrons. The van der Waals surface area contributed by atoms with Gasteiger partial charge in [-0.1, -0.05) is 11.2 Å². The molecule has 1 amide bonds. The number of hydrogen-bond donors (Lipinski definition) is 0. The van der Waals surface area contributed by atoms with Crippen molar-refractivity contribution in [3.8, 4) is 0 Å². The maximum Gasteiger partial charge on any atom is 0.256 e. The van der Waals surface area contributed by atoms with Crippen molar-refractivity contribution in [3.05, 3.63) is 58.5 Å². The Morgan fingerprint density at radius 3 is 2.72 bits per heavy atom. The largest absolute Gasteiger partial charge is 0.362 e. The van der Waals surface area contributed by atoms with Gasteiger partial charge in [-0.15, -0.1) is 0 Å². The molecule has 0 spiro atoms. The molecule has 3 aromatic rings. The van der Waals surface area contributed by atoms with Crippen molar-refractivity contribution in [2.24, 2.45) is 0 Å². The molecule has 4 rings (SSSR count). The van der Waals surface area contributed by atoms with Crippen LogP contribution in [-0.4, -0.2) is 41.2 Å². The quantitative estimate of drug-likeness (QED) is 0.657. The van der Waals surface area contributed by atoms with Crippen molar-refractivity contribution in [1.82, 2.24) is 15.2 Å². The lowest BCUT2D eigenvalue weighted by molar-refractivity contribution is -0.145. The normalized spacial score (nSPS) is 13.7. The van der Waals surface area contributed by atoms with E-state index in [2.05, 4.69) is 11.2 Å². The lowest BCUT2D eigenvalue weighted by Crippen LogP contribution is -2.45. The molecule has 0 atom stereocenters. The van der Waals surface area contributed by atoms with Gasteiger partial charge in [0.15, 0.2) is 5.58 Å². The standard InChI is InChI=1S/C22H25FN4O2/c1-5-26(20-10-21-19(8-14(20)2)15(3)24-29-21)13-22(28)25(4)27-11-16-6-7-18(23)9-17(16)12-27/h6-10H,5,11-13H2,1-4H3. The number of amides is 1. The molecule has 2 heterocycles. The molecule has 1 aromatic heterocycles. The van der Waals surface area contributed by atoms with Gasteiger partial charge in [-0.25, -0.2) is 9.40 Å². The Hall–Kier alpha value is -2.93. The van der Waals surface area contributed by atoms with E-state index in [1.54, 1.807) is 24.2 Å². The van der Waals surface area contributed by atoms with E-state index in [9.17, 15) is 9.18 Å². The topological polar surface area (TPSA) is 52.8 Å². The van der Waals surface area contributed by atoms with Crippen LogP contribution in [-0.2, 0) is 17.9 Å². The van der Waals surface area contributed by atoms with Crippen molar-refractivity contribution in [3.63, 3.8) is 0 Å². The fraction of sp³-hybridized carbons (Fsp3) is 0.364. The van der Waals surface area contributed by atoms with E-state index in [1.165, 1.54) is 6.07 Å². The molecule has 0 unspecified atom stereocenters. The highest BCUT2D eigenvalue weighted by Crippen LogP contribution is 2.29. The molecular formula is C22H25FN4O2. The molecule has 152 valence electrons. The van der Waals surface area contributed by atoms with Crippen LogP contribution in [0, 0.1) is 19.7 Å². The number of anilines is 1. The Bertz CT molecular complexity index is 1080. The minimum Gasteiger partial charge on any atom is -0.362 e. The number of fused-ring (bicyclic) bond motifs is 2. The third-order valence-electron chi connectivity index (χ3n) is 5.68. The maximum atomic E-state index is 13.5. The summed E-state index contributed by atoms with van der Waals surface area (Å²) in [5, 5.41) is 8.61. The van der Waals surface area contributed by atoms with E-state index >= 15 is 0 Å². The van der Waals surface area contributed by atoms with Gasteiger partial charge >= 0.3 is 0 Å². The molecule has 2 aromatic carbocycles. The Balaban J connectivity index is 1.50. The number of halogens is 1. The van der Waals surface area contributed by atoms with Crippen molar-refractivity contribution in [2.75, 3.05) is 25.0 Å². The van der Waals surface area contributed by atoms with Crippen LogP contribution in [0.4, 0.5) is 10.1 Å². The molecule has 0 aliphatic carbocycles. The molecular weight excluding hydrogens is 371 g/mol. The second-order valence-corrected chi connectivity index (χ2v) is 7.57. The number of hydrogen-bond acceptors (Lipinski definition) is 5. The highest BCUT2D eigenvalue weighted by molar-refractivity contribution is 5.87. The molecule has 1 aliphatic rings. The molecule has 1 aliphatic heterocycles. The van der Waals surface area contributed by atoms with Crippen LogP contribution in [0.1, 0.15) is 29.3 Å². The summed E-state index contributed by atoms with van der Waals surface area (Å²) in [6.45, 7) is 8.04. The first kappa shape index (κ1) is 19.4. The number of carbonyl (C=O) groups excluding carboxylic acids is 1. The zero-order valence-corrected chi connectivity index (χ0v) is 17.2. The molecule has 0 saturated heterocycles. The predicted molar refractivity (Wildman–Crippen MR) is 110 cm³/mol. The Kier molecular flexibility index (Phi) is 5.00. The number of rotatable bonds is 5. The summed E-state index contributed by atoms with van der Waals surface area (Å²) in [5.41, 5.74) is 5.60. The average molecular weight is 396 g/mol. The fourth-order valence-corrected chi connectivity index (χ4v) is 3.89. The molecule has 7 heteroatoms. The summed E-state index contributed by atoms with van der Waals surface area (Å²) in [6, 6.07) is 8.81. The third kappa shape index (κ3) is 3.58. The van der Waals surface area contributed by atoms with Crippen LogP contribution in [0.15, 0.2) is 34.9 Å². The summed E-state index contributed by atoms with van der Waals surface area (Å²) in [7, 11) is 1.77. The smallest absolute Gasteiger partial charge is 0.256 e. The van der Waals surface area contributed by atoms with Crippen molar-refractivity contribution >= 4 is 22.6 Å². The minimum atomic E-state index is -0.245. The Morgan fingerprint density at radius 2 is 1.97 bits per heavy atom. The fourth-order valence-electron chi connectivity index (χ4n) is 3.89. The van der Waals surface area contributed by atoms with Crippen molar-refractivity contribution in [2.45, 2.75) is 33.9 Å². The van der Waals surface area contributed by atoms with Gasteiger partial charge in [0, 0.05) is 43.8 Å². The number of nitrogens with zero attached hydrogens (tertiary/aromatic N) is 4. The van der Waals surface area contributed by atoms with Gasteiger partial charge in [0.2, 0.25) is 0 Å². The summed E-state index contributed by atoms with van der Waals surface area (Å²) < 4.78 is 18.9. The first-order chi connectivity index (χ1) is 13.9. The Morgan fingerprint density at radius 1 is 1.21 bits per heavy atom. The molecule has 0 saturated carbocycles. The second kappa shape index (κ2) is 7.48. The van der Waals surface area contributed by atoms with Gasteiger partial charge in [-0.05, 0) is 55.7 Å². The maximum absolute atomic E-state index is 13.5. The highest BCUT2D eigenvalue weighted by atomic mass is 19.1. The average Bonchev–Trinajstić information content (AvgIpc) is 3.28. The molecule has 29 heavy (non-hydrogen) atoms. The minimum absolute atomic E-state index is 0.0200. The zero-order chi connectivity index (χ0) is 20.7. The number of aromatic nitrogens is 1. The lowest BCUT2D eigenvalue weighted by atomic mass is 10.1. The second-order valence-electron chi connectivity index (χ2n) is 7.57. The third-order valence-corrected chi connectivity index (χ3v) is 5.68. The van der Waals surface area contributed by atoms with Gasteiger partial charge in [0.05, 0.1) is 12.2 Å². The number of benzene rings is 2. The van der Waals surface area contributed by atoms with Crippen LogP contribution in [0.5, 0.6) is 0 Å². The van der Waals surface area contributed by atoms with Crippen LogP contribution in [0.2, 0.25) is 0 Å². The van der Waals surface area contributed by atoms with Crippen molar-refractivity contribution < 1.29 is 13.7 Å². The van der Waals surface area contributed by atoms with Crippen LogP contribution in [0.25, 0.3) is 11.0 Å². The van der Waals surface area contributed by atoms with Crippen LogP contribution < -0.4 is 4.90 Å². The van der Waals surface area contributed by atoms with Crippen molar-refractivity contribution in [1.29, 1.82) is 0 Å². The zero-order valence-electron chi connectivity index (χ0n) is 17.2. The predicted octanol–water partition coefficient (Wildman–Crippen LogP) is 3.80. The van der Waals surface area contributed by atoms with Gasteiger partial charge in [0.25, 0.3) is 5.91 Å². The molecule has 0 N–H and O–H groups in total. The summed E-state index contributed by atoms with van der Waals surface area (Å²) >= 11 is 0. The Labute approximate surface area is 169 Å². The summed E-state index contributed by atoms with van der Waals surface area (Å²) in [4.78, 5) is 15.0. The van der Waals surface area contributed by atoms with Gasteiger partial charge in [-0.3, -0.25) is 9.80 Å².